The Morgan fingerprint density at radius 1 is 1.03 bits per heavy atom. The normalized spacial score (nSPS) is 19.4. The first kappa shape index (κ1) is 21.7. The third kappa shape index (κ3) is 4.73. The lowest BCUT2D eigenvalue weighted by atomic mass is 10.1. The Labute approximate surface area is 184 Å². The molecule has 1 aliphatic heterocycles. The minimum absolute atomic E-state index is 0.168. The van der Waals surface area contributed by atoms with Gasteiger partial charge in [0.25, 0.3) is 10.0 Å². The standard InChI is InChI=1S/C22H23F2N3O2S2/c1-14-12-27(13-15(2)25-14)16-5-8-19(23)21(10-16)26-31(28,29)17-6-7-18(20(24)11-17)22-4-3-9-30-22/h3-11,14-15,25-26H,12-13H2,1-2H3/t14-,15+. The zero-order valence-electron chi connectivity index (χ0n) is 17.1. The molecule has 0 bridgehead atoms. The van der Waals surface area contributed by atoms with Crippen LogP contribution in [-0.2, 0) is 10.0 Å². The molecule has 2 N–H and O–H groups in total. The summed E-state index contributed by atoms with van der Waals surface area (Å²) < 4.78 is 56.9. The number of thiophene rings is 1. The van der Waals surface area contributed by atoms with Gasteiger partial charge in [0, 0.05) is 41.3 Å². The number of hydrogen-bond donors (Lipinski definition) is 2. The second-order valence-electron chi connectivity index (χ2n) is 7.76. The Kier molecular flexibility index (Phi) is 6.00. The third-order valence-electron chi connectivity index (χ3n) is 5.15. The van der Waals surface area contributed by atoms with Crippen LogP contribution in [0.2, 0.25) is 0 Å². The number of benzene rings is 2. The van der Waals surface area contributed by atoms with Crippen LogP contribution < -0.4 is 14.9 Å². The maximum absolute atomic E-state index is 14.6. The summed E-state index contributed by atoms with van der Waals surface area (Å²) in [5, 5.41) is 5.24. The molecule has 0 spiro atoms. The van der Waals surface area contributed by atoms with Gasteiger partial charge in [-0.25, -0.2) is 17.2 Å². The van der Waals surface area contributed by atoms with Gasteiger partial charge in [-0.1, -0.05) is 6.07 Å². The average molecular weight is 464 g/mol. The van der Waals surface area contributed by atoms with Crippen molar-refractivity contribution in [1.29, 1.82) is 0 Å². The Hall–Kier alpha value is -2.49. The fourth-order valence-electron chi connectivity index (χ4n) is 3.82. The van der Waals surface area contributed by atoms with Crippen LogP contribution in [-0.4, -0.2) is 33.6 Å². The van der Waals surface area contributed by atoms with E-state index in [1.54, 1.807) is 18.2 Å². The molecule has 0 unspecified atom stereocenters. The quantitative estimate of drug-likeness (QED) is 0.577. The fourth-order valence-corrected chi connectivity index (χ4v) is 5.65. The van der Waals surface area contributed by atoms with Gasteiger partial charge in [-0.15, -0.1) is 11.3 Å². The lowest BCUT2D eigenvalue weighted by Crippen LogP contribution is -2.54. The van der Waals surface area contributed by atoms with E-state index < -0.39 is 21.7 Å². The Bertz CT molecular complexity index is 1170. The van der Waals surface area contributed by atoms with Gasteiger partial charge in [-0.3, -0.25) is 4.72 Å². The molecule has 0 radical (unpaired) electrons. The molecule has 0 aliphatic carbocycles. The number of anilines is 2. The van der Waals surface area contributed by atoms with E-state index in [9.17, 15) is 17.2 Å². The molecule has 1 aromatic heterocycles. The van der Waals surface area contributed by atoms with Crippen LogP contribution in [0.4, 0.5) is 20.2 Å². The molecule has 1 fully saturated rings. The highest BCUT2D eigenvalue weighted by Crippen LogP contribution is 2.30. The van der Waals surface area contributed by atoms with Crippen molar-refractivity contribution in [2.24, 2.45) is 0 Å². The molecule has 3 aromatic rings. The first-order valence-corrected chi connectivity index (χ1v) is 12.3. The van der Waals surface area contributed by atoms with Gasteiger partial charge in [0.1, 0.15) is 11.6 Å². The van der Waals surface area contributed by atoms with Crippen LogP contribution in [0.3, 0.4) is 0 Å². The van der Waals surface area contributed by atoms with Crippen LogP contribution in [0.5, 0.6) is 0 Å². The lowest BCUT2D eigenvalue weighted by molar-refractivity contribution is 0.407. The van der Waals surface area contributed by atoms with Crippen molar-refractivity contribution in [2.75, 3.05) is 22.7 Å². The summed E-state index contributed by atoms with van der Waals surface area (Å²) in [4.78, 5) is 2.52. The molecule has 164 valence electrons. The Morgan fingerprint density at radius 3 is 2.42 bits per heavy atom. The van der Waals surface area contributed by atoms with Crippen LogP contribution in [0, 0.1) is 11.6 Å². The van der Waals surface area contributed by atoms with Crippen molar-refractivity contribution in [1.82, 2.24) is 5.32 Å². The molecular weight excluding hydrogens is 440 g/mol. The molecule has 2 heterocycles. The molecule has 1 aliphatic rings. The second kappa shape index (κ2) is 8.57. The van der Waals surface area contributed by atoms with E-state index in [2.05, 4.69) is 28.8 Å². The molecule has 0 amide bonds. The number of hydrogen-bond acceptors (Lipinski definition) is 5. The number of nitrogens with zero attached hydrogens (tertiary/aromatic N) is 1. The maximum atomic E-state index is 14.6. The van der Waals surface area contributed by atoms with E-state index in [0.717, 1.165) is 24.8 Å². The van der Waals surface area contributed by atoms with Gasteiger partial charge in [-0.05, 0) is 61.7 Å². The average Bonchev–Trinajstić information content (AvgIpc) is 3.23. The highest BCUT2D eigenvalue weighted by molar-refractivity contribution is 7.92. The summed E-state index contributed by atoms with van der Waals surface area (Å²) in [6, 6.07) is 12.1. The fraction of sp³-hybridized carbons (Fsp3) is 0.273. The number of sulfonamides is 1. The van der Waals surface area contributed by atoms with Crippen molar-refractivity contribution < 1.29 is 17.2 Å². The number of rotatable bonds is 5. The van der Waals surface area contributed by atoms with E-state index in [-0.39, 0.29) is 22.7 Å². The number of nitrogens with one attached hydrogen (secondary N) is 2. The Balaban J connectivity index is 1.60. The molecule has 1 saturated heterocycles. The van der Waals surface area contributed by atoms with Gasteiger partial charge in [-0.2, -0.15) is 0 Å². The van der Waals surface area contributed by atoms with Crippen molar-refractivity contribution in [2.45, 2.75) is 30.8 Å². The molecule has 2 aromatic carbocycles. The van der Waals surface area contributed by atoms with Crippen LogP contribution >= 0.6 is 11.3 Å². The third-order valence-corrected chi connectivity index (χ3v) is 7.42. The van der Waals surface area contributed by atoms with Crippen molar-refractivity contribution in [3.8, 4) is 10.4 Å². The Morgan fingerprint density at radius 2 is 1.77 bits per heavy atom. The van der Waals surface area contributed by atoms with E-state index in [4.69, 9.17) is 0 Å². The molecule has 31 heavy (non-hydrogen) atoms. The summed E-state index contributed by atoms with van der Waals surface area (Å²) in [6.45, 7) is 5.56. The van der Waals surface area contributed by atoms with E-state index in [1.165, 1.54) is 35.6 Å². The topological polar surface area (TPSA) is 61.4 Å². The number of piperazine rings is 1. The summed E-state index contributed by atoms with van der Waals surface area (Å²) in [5.41, 5.74) is 0.877. The zero-order valence-corrected chi connectivity index (χ0v) is 18.7. The minimum atomic E-state index is -4.17. The largest absolute Gasteiger partial charge is 0.368 e. The predicted molar refractivity (Wildman–Crippen MR) is 121 cm³/mol. The van der Waals surface area contributed by atoms with Crippen molar-refractivity contribution in [3.05, 3.63) is 65.5 Å². The van der Waals surface area contributed by atoms with E-state index >= 15 is 0 Å². The minimum Gasteiger partial charge on any atom is -0.368 e. The lowest BCUT2D eigenvalue weighted by Gasteiger charge is -2.37. The second-order valence-corrected chi connectivity index (χ2v) is 10.4. The summed E-state index contributed by atoms with van der Waals surface area (Å²) >= 11 is 1.36. The van der Waals surface area contributed by atoms with E-state index in [1.807, 2.05) is 5.38 Å². The van der Waals surface area contributed by atoms with Gasteiger partial charge >= 0.3 is 0 Å². The van der Waals surface area contributed by atoms with E-state index in [0.29, 0.717) is 10.4 Å². The molecule has 9 heteroatoms. The molecule has 2 atom stereocenters. The highest BCUT2D eigenvalue weighted by Gasteiger charge is 2.23. The first-order chi connectivity index (χ1) is 14.7. The van der Waals surface area contributed by atoms with Gasteiger partial charge in [0.15, 0.2) is 0 Å². The monoisotopic (exact) mass is 463 g/mol. The van der Waals surface area contributed by atoms with Crippen LogP contribution in [0.25, 0.3) is 10.4 Å². The smallest absolute Gasteiger partial charge is 0.262 e. The summed E-state index contributed by atoms with van der Waals surface area (Å²) in [6.07, 6.45) is 0. The summed E-state index contributed by atoms with van der Waals surface area (Å²) in [7, 11) is -4.17. The van der Waals surface area contributed by atoms with Crippen LogP contribution in [0.15, 0.2) is 58.8 Å². The first-order valence-electron chi connectivity index (χ1n) is 9.90. The molecule has 5 nitrogen and oxygen atoms in total. The van der Waals surface area contributed by atoms with Crippen molar-refractivity contribution in [3.63, 3.8) is 0 Å². The molecule has 4 rings (SSSR count). The predicted octanol–water partition coefficient (Wildman–Crippen LogP) is 4.68. The zero-order chi connectivity index (χ0) is 22.2. The molecular formula is C22H23F2N3O2S2. The van der Waals surface area contributed by atoms with Gasteiger partial charge < -0.3 is 10.2 Å². The molecule has 0 saturated carbocycles. The van der Waals surface area contributed by atoms with Gasteiger partial charge in [0.05, 0.1) is 10.6 Å². The van der Waals surface area contributed by atoms with Crippen LogP contribution in [0.1, 0.15) is 13.8 Å². The summed E-state index contributed by atoms with van der Waals surface area (Å²) in [5.74, 6) is -1.34. The SMILES string of the molecule is C[C@@H]1CN(c2ccc(F)c(NS(=O)(=O)c3ccc(-c4cccs4)c(F)c3)c2)C[C@H](C)N1. The maximum Gasteiger partial charge on any atom is 0.262 e. The van der Waals surface area contributed by atoms with Crippen molar-refractivity contribution >= 4 is 32.7 Å². The van der Waals surface area contributed by atoms with Gasteiger partial charge in [0.2, 0.25) is 0 Å². The highest BCUT2D eigenvalue weighted by atomic mass is 32.2. The number of halogens is 2.